The number of benzene rings is 2. The number of rotatable bonds is 7. The summed E-state index contributed by atoms with van der Waals surface area (Å²) >= 11 is 0. The van der Waals surface area contributed by atoms with Crippen molar-refractivity contribution in [1.82, 2.24) is 4.31 Å². The standard InChI is InChI=1S/C18H20N2O5S/c1-13(18(22)23)20(12-15-6-4-3-5-7-15)26(24,25)17-10-8-16(9-11-17)19-14(2)21/h3-11,13H,12H2,1-2H3,(H,19,21)(H,22,23). The van der Waals surface area contributed by atoms with Crippen molar-refractivity contribution in [3.05, 3.63) is 60.2 Å². The fraction of sp³-hybridized carbons (Fsp3) is 0.222. The Hall–Kier alpha value is -2.71. The third-order valence-electron chi connectivity index (χ3n) is 3.75. The lowest BCUT2D eigenvalue weighted by Gasteiger charge is -2.26. The van der Waals surface area contributed by atoms with E-state index in [9.17, 15) is 23.1 Å². The molecule has 0 saturated carbocycles. The number of sulfonamides is 1. The van der Waals surface area contributed by atoms with Crippen molar-refractivity contribution in [3.8, 4) is 0 Å². The molecule has 7 nitrogen and oxygen atoms in total. The molecule has 2 aromatic carbocycles. The number of nitrogens with one attached hydrogen (secondary N) is 1. The third-order valence-corrected chi connectivity index (χ3v) is 5.68. The first-order valence-electron chi connectivity index (χ1n) is 7.88. The van der Waals surface area contributed by atoms with Gasteiger partial charge in [0.05, 0.1) is 4.90 Å². The predicted molar refractivity (Wildman–Crippen MR) is 97.0 cm³/mol. The minimum Gasteiger partial charge on any atom is -0.480 e. The lowest BCUT2D eigenvalue weighted by Crippen LogP contribution is -2.42. The fourth-order valence-electron chi connectivity index (χ4n) is 2.37. The average molecular weight is 376 g/mol. The van der Waals surface area contributed by atoms with Crippen LogP contribution >= 0.6 is 0 Å². The summed E-state index contributed by atoms with van der Waals surface area (Å²) in [6.45, 7) is 2.61. The van der Waals surface area contributed by atoms with Crippen molar-refractivity contribution >= 4 is 27.6 Å². The Morgan fingerprint density at radius 1 is 1.08 bits per heavy atom. The number of carbonyl (C=O) groups is 2. The molecular formula is C18H20N2O5S. The SMILES string of the molecule is CC(=O)Nc1ccc(S(=O)(=O)N(Cc2ccccc2)C(C)C(=O)O)cc1. The summed E-state index contributed by atoms with van der Waals surface area (Å²) < 4.78 is 26.9. The second-order valence-corrected chi connectivity index (χ2v) is 7.65. The lowest BCUT2D eigenvalue weighted by atomic mass is 10.2. The highest BCUT2D eigenvalue weighted by Crippen LogP contribution is 2.23. The summed E-state index contributed by atoms with van der Waals surface area (Å²) in [6, 6.07) is 13.1. The smallest absolute Gasteiger partial charge is 0.321 e. The van der Waals surface area contributed by atoms with Gasteiger partial charge in [-0.25, -0.2) is 8.42 Å². The molecule has 0 heterocycles. The van der Waals surface area contributed by atoms with Crippen molar-refractivity contribution in [2.24, 2.45) is 0 Å². The highest BCUT2D eigenvalue weighted by atomic mass is 32.2. The van der Waals surface area contributed by atoms with Gasteiger partial charge in [0.15, 0.2) is 0 Å². The van der Waals surface area contributed by atoms with Crippen molar-refractivity contribution in [3.63, 3.8) is 0 Å². The van der Waals surface area contributed by atoms with Crippen LogP contribution in [-0.4, -0.2) is 35.7 Å². The molecule has 0 aliphatic rings. The zero-order valence-electron chi connectivity index (χ0n) is 14.4. The minimum atomic E-state index is -4.05. The van der Waals surface area contributed by atoms with Crippen LogP contribution in [0, 0.1) is 0 Å². The van der Waals surface area contributed by atoms with Crippen LogP contribution in [0.15, 0.2) is 59.5 Å². The van der Waals surface area contributed by atoms with Crippen LogP contribution in [0.3, 0.4) is 0 Å². The molecule has 2 N–H and O–H groups in total. The molecule has 0 saturated heterocycles. The third kappa shape index (κ3) is 4.68. The van der Waals surface area contributed by atoms with E-state index in [0.717, 1.165) is 4.31 Å². The van der Waals surface area contributed by atoms with Gasteiger partial charge in [-0.05, 0) is 36.8 Å². The number of amides is 1. The highest BCUT2D eigenvalue weighted by Gasteiger charge is 2.33. The maximum atomic E-state index is 13.0. The molecule has 1 amide bonds. The molecular weight excluding hydrogens is 356 g/mol. The number of carbonyl (C=O) groups excluding carboxylic acids is 1. The number of nitrogens with zero attached hydrogens (tertiary/aromatic N) is 1. The normalized spacial score (nSPS) is 12.6. The van der Waals surface area contributed by atoms with Crippen molar-refractivity contribution in [2.45, 2.75) is 31.3 Å². The maximum absolute atomic E-state index is 13.0. The molecule has 8 heteroatoms. The van der Waals surface area contributed by atoms with E-state index in [2.05, 4.69) is 5.32 Å². The van der Waals surface area contributed by atoms with Crippen molar-refractivity contribution < 1.29 is 23.1 Å². The zero-order valence-corrected chi connectivity index (χ0v) is 15.2. The van der Waals surface area contributed by atoms with Gasteiger partial charge >= 0.3 is 5.97 Å². The van der Waals surface area contributed by atoms with E-state index in [1.54, 1.807) is 30.3 Å². The second kappa shape index (κ2) is 8.11. The molecule has 0 aliphatic heterocycles. The van der Waals surface area contributed by atoms with Gasteiger partial charge in [-0.2, -0.15) is 4.31 Å². The Labute approximate surface area is 152 Å². The Morgan fingerprint density at radius 3 is 2.15 bits per heavy atom. The molecule has 26 heavy (non-hydrogen) atoms. The molecule has 138 valence electrons. The van der Waals surface area contributed by atoms with Gasteiger partial charge < -0.3 is 10.4 Å². The fourth-order valence-corrected chi connectivity index (χ4v) is 3.94. The first kappa shape index (κ1) is 19.6. The summed E-state index contributed by atoms with van der Waals surface area (Å²) in [6.07, 6.45) is 0. The largest absolute Gasteiger partial charge is 0.480 e. The van der Waals surface area contributed by atoms with Crippen LogP contribution in [-0.2, 0) is 26.2 Å². The average Bonchev–Trinajstić information content (AvgIpc) is 2.59. The van der Waals surface area contributed by atoms with Gasteiger partial charge in [0.2, 0.25) is 15.9 Å². The maximum Gasteiger partial charge on any atom is 0.321 e. The number of hydrogen-bond acceptors (Lipinski definition) is 4. The molecule has 0 spiro atoms. The van der Waals surface area contributed by atoms with Gasteiger partial charge in [-0.3, -0.25) is 9.59 Å². The molecule has 0 bridgehead atoms. The first-order valence-corrected chi connectivity index (χ1v) is 9.32. The van der Waals surface area contributed by atoms with Crippen LogP contribution in [0.1, 0.15) is 19.4 Å². The van der Waals surface area contributed by atoms with Crippen LogP contribution in [0.5, 0.6) is 0 Å². The van der Waals surface area contributed by atoms with E-state index in [4.69, 9.17) is 0 Å². The molecule has 0 aliphatic carbocycles. The van der Waals surface area contributed by atoms with Crippen LogP contribution in [0.2, 0.25) is 0 Å². The molecule has 1 atom stereocenters. The van der Waals surface area contributed by atoms with Gasteiger partial charge in [-0.15, -0.1) is 0 Å². The van der Waals surface area contributed by atoms with Crippen molar-refractivity contribution in [1.29, 1.82) is 0 Å². The first-order chi connectivity index (χ1) is 12.2. The van der Waals surface area contributed by atoms with Gasteiger partial charge in [0.1, 0.15) is 6.04 Å². The number of aliphatic carboxylic acids is 1. The van der Waals surface area contributed by atoms with Crippen LogP contribution in [0.4, 0.5) is 5.69 Å². The lowest BCUT2D eigenvalue weighted by molar-refractivity contribution is -0.141. The summed E-state index contributed by atoms with van der Waals surface area (Å²) in [4.78, 5) is 22.5. The Morgan fingerprint density at radius 2 is 1.65 bits per heavy atom. The molecule has 2 rings (SSSR count). The van der Waals surface area contributed by atoms with E-state index < -0.39 is 22.0 Å². The molecule has 0 fully saturated rings. The number of anilines is 1. The summed E-state index contributed by atoms with van der Waals surface area (Å²) in [5.41, 5.74) is 1.14. The molecule has 0 radical (unpaired) electrons. The summed E-state index contributed by atoms with van der Waals surface area (Å²) in [7, 11) is -4.05. The number of hydrogen-bond donors (Lipinski definition) is 2. The van der Waals surface area contributed by atoms with Gasteiger partial charge in [-0.1, -0.05) is 30.3 Å². The molecule has 1 unspecified atom stereocenters. The Bertz CT molecular complexity index is 880. The highest BCUT2D eigenvalue weighted by molar-refractivity contribution is 7.89. The second-order valence-electron chi connectivity index (χ2n) is 5.76. The van der Waals surface area contributed by atoms with E-state index in [0.29, 0.717) is 11.3 Å². The van der Waals surface area contributed by atoms with E-state index in [-0.39, 0.29) is 17.3 Å². The number of carboxylic acids is 1. The number of carboxylic acid groups (broad SMARTS) is 1. The van der Waals surface area contributed by atoms with Crippen LogP contribution in [0.25, 0.3) is 0 Å². The van der Waals surface area contributed by atoms with Crippen LogP contribution < -0.4 is 5.32 Å². The van der Waals surface area contributed by atoms with Crippen molar-refractivity contribution in [2.75, 3.05) is 5.32 Å². The predicted octanol–water partition coefficient (Wildman–Crippen LogP) is 2.31. The van der Waals surface area contributed by atoms with Gasteiger partial charge in [0, 0.05) is 19.2 Å². The Balaban J connectivity index is 2.38. The summed E-state index contributed by atoms with van der Waals surface area (Å²) in [5.74, 6) is -1.51. The molecule has 0 aromatic heterocycles. The monoisotopic (exact) mass is 376 g/mol. The Kier molecular flexibility index (Phi) is 6.12. The minimum absolute atomic E-state index is 0.0457. The molecule has 2 aromatic rings. The quantitative estimate of drug-likeness (QED) is 0.772. The zero-order chi connectivity index (χ0) is 19.3. The van der Waals surface area contributed by atoms with Gasteiger partial charge in [0.25, 0.3) is 0 Å². The van der Waals surface area contributed by atoms with E-state index in [1.807, 2.05) is 0 Å². The topological polar surface area (TPSA) is 104 Å². The summed E-state index contributed by atoms with van der Waals surface area (Å²) in [5, 5.41) is 11.9. The van der Waals surface area contributed by atoms with E-state index in [1.165, 1.54) is 38.1 Å². The van der Waals surface area contributed by atoms with E-state index >= 15 is 0 Å².